The average molecular weight is 503 g/mol. The van der Waals surface area contributed by atoms with E-state index in [2.05, 4.69) is 25.7 Å². The average Bonchev–Trinajstić information content (AvgIpc) is 3.33. The standard InChI is InChI=1S/C25H22N6O4S/c1-2-35-21-11-9-20(10-12-21)31-23(19-4-3-13-26-15-19)29-30-25(31)36-16-22(32)28-27-14-17-5-7-18(8-6-17)24(33)34/h3-15H,2,16H2,1H3,(H,28,32)(H,33,34)/b27-14+. The van der Waals surface area contributed by atoms with Crippen LogP contribution in [0, 0.1) is 0 Å². The molecule has 0 fully saturated rings. The van der Waals surface area contributed by atoms with Gasteiger partial charge in [0.05, 0.1) is 24.1 Å². The van der Waals surface area contributed by atoms with Gasteiger partial charge >= 0.3 is 5.97 Å². The van der Waals surface area contributed by atoms with Gasteiger partial charge in [0.2, 0.25) is 0 Å². The third-order valence-corrected chi connectivity index (χ3v) is 5.78. The van der Waals surface area contributed by atoms with E-state index in [1.165, 1.54) is 30.1 Å². The number of thioether (sulfide) groups is 1. The van der Waals surface area contributed by atoms with Gasteiger partial charge in [-0.25, -0.2) is 10.2 Å². The first-order valence-electron chi connectivity index (χ1n) is 10.9. The molecule has 1 amide bonds. The fraction of sp³-hybridized carbons (Fsp3) is 0.120. The predicted octanol–water partition coefficient (Wildman–Crippen LogP) is 3.67. The maximum Gasteiger partial charge on any atom is 0.335 e. The van der Waals surface area contributed by atoms with Crippen molar-refractivity contribution in [3.63, 3.8) is 0 Å². The van der Waals surface area contributed by atoms with Gasteiger partial charge in [-0.1, -0.05) is 23.9 Å². The molecule has 0 saturated carbocycles. The van der Waals surface area contributed by atoms with Gasteiger partial charge in [-0.15, -0.1) is 10.2 Å². The number of aromatic nitrogens is 4. The number of rotatable bonds is 10. The Balaban J connectivity index is 1.47. The number of carbonyl (C=O) groups is 2. The first-order valence-corrected chi connectivity index (χ1v) is 11.9. The van der Waals surface area contributed by atoms with Crippen LogP contribution in [0.3, 0.4) is 0 Å². The van der Waals surface area contributed by atoms with Crippen molar-refractivity contribution in [2.45, 2.75) is 12.1 Å². The van der Waals surface area contributed by atoms with E-state index in [0.717, 1.165) is 17.0 Å². The zero-order valence-electron chi connectivity index (χ0n) is 19.2. The highest BCUT2D eigenvalue weighted by Crippen LogP contribution is 2.28. The molecule has 0 radical (unpaired) electrons. The zero-order chi connectivity index (χ0) is 25.3. The second-order valence-corrected chi connectivity index (χ2v) is 8.26. The van der Waals surface area contributed by atoms with Crippen LogP contribution in [0.15, 0.2) is 83.3 Å². The van der Waals surface area contributed by atoms with Crippen molar-refractivity contribution in [1.82, 2.24) is 25.2 Å². The number of carboxylic acid groups (broad SMARTS) is 1. The lowest BCUT2D eigenvalue weighted by Gasteiger charge is -2.11. The maximum atomic E-state index is 12.4. The Labute approximate surface area is 211 Å². The summed E-state index contributed by atoms with van der Waals surface area (Å²) in [5, 5.41) is 22.1. The first kappa shape index (κ1) is 24.6. The Morgan fingerprint density at radius 2 is 1.89 bits per heavy atom. The molecule has 11 heteroatoms. The minimum atomic E-state index is -1.01. The van der Waals surface area contributed by atoms with Crippen molar-refractivity contribution in [3.05, 3.63) is 84.2 Å². The van der Waals surface area contributed by atoms with Crippen LogP contribution in [-0.4, -0.2) is 55.3 Å². The lowest BCUT2D eigenvalue weighted by atomic mass is 10.1. The van der Waals surface area contributed by atoms with Gasteiger partial charge in [-0.3, -0.25) is 14.3 Å². The topological polar surface area (TPSA) is 132 Å². The molecule has 0 unspecified atom stereocenters. The molecule has 182 valence electrons. The second kappa shape index (κ2) is 11.8. The van der Waals surface area contributed by atoms with Gasteiger partial charge in [-0.2, -0.15) is 5.10 Å². The van der Waals surface area contributed by atoms with E-state index < -0.39 is 5.97 Å². The number of carboxylic acids is 1. The molecule has 2 heterocycles. The SMILES string of the molecule is CCOc1ccc(-n2c(SCC(=O)N/N=C/c3ccc(C(=O)O)cc3)nnc2-c2cccnc2)cc1. The molecule has 0 spiro atoms. The zero-order valence-corrected chi connectivity index (χ0v) is 20.1. The van der Waals surface area contributed by atoms with Gasteiger partial charge in [-0.05, 0) is 61.0 Å². The largest absolute Gasteiger partial charge is 0.494 e. The normalized spacial score (nSPS) is 10.9. The van der Waals surface area contributed by atoms with Crippen molar-refractivity contribution in [2.24, 2.45) is 5.10 Å². The van der Waals surface area contributed by atoms with Crippen LogP contribution in [0.25, 0.3) is 17.1 Å². The Morgan fingerprint density at radius 1 is 1.11 bits per heavy atom. The molecular formula is C25H22N6O4S. The highest BCUT2D eigenvalue weighted by Gasteiger charge is 2.17. The van der Waals surface area contributed by atoms with Crippen molar-refractivity contribution >= 4 is 29.9 Å². The number of hydrogen-bond acceptors (Lipinski definition) is 8. The second-order valence-electron chi connectivity index (χ2n) is 7.32. The molecule has 4 aromatic rings. The van der Waals surface area contributed by atoms with Crippen LogP contribution < -0.4 is 10.2 Å². The van der Waals surface area contributed by atoms with Gasteiger partial charge in [0.15, 0.2) is 11.0 Å². The van der Waals surface area contributed by atoms with Crippen LogP contribution in [0.1, 0.15) is 22.8 Å². The Kier molecular flexibility index (Phi) is 8.04. The Morgan fingerprint density at radius 3 is 2.56 bits per heavy atom. The summed E-state index contributed by atoms with van der Waals surface area (Å²) in [6.07, 6.45) is 4.83. The molecule has 10 nitrogen and oxygen atoms in total. The number of nitrogens with one attached hydrogen (secondary N) is 1. The van der Waals surface area contributed by atoms with E-state index in [1.807, 2.05) is 47.9 Å². The number of hydrazone groups is 1. The van der Waals surface area contributed by atoms with Gasteiger partial charge in [0, 0.05) is 23.6 Å². The van der Waals surface area contributed by atoms with E-state index in [0.29, 0.717) is 23.2 Å². The van der Waals surface area contributed by atoms with E-state index in [-0.39, 0.29) is 17.2 Å². The minimum Gasteiger partial charge on any atom is -0.494 e. The van der Waals surface area contributed by atoms with E-state index in [1.54, 1.807) is 24.5 Å². The molecular weight excluding hydrogens is 480 g/mol. The predicted molar refractivity (Wildman–Crippen MR) is 136 cm³/mol. The highest BCUT2D eigenvalue weighted by atomic mass is 32.2. The Hall–Kier alpha value is -4.51. The number of hydrogen-bond donors (Lipinski definition) is 2. The maximum absolute atomic E-state index is 12.4. The third kappa shape index (κ3) is 6.13. The summed E-state index contributed by atoms with van der Waals surface area (Å²) in [6.45, 7) is 2.49. The van der Waals surface area contributed by atoms with Crippen molar-refractivity contribution in [1.29, 1.82) is 0 Å². The summed E-state index contributed by atoms with van der Waals surface area (Å²) in [5.41, 5.74) is 4.90. The number of carbonyl (C=O) groups excluding carboxylic acids is 1. The summed E-state index contributed by atoms with van der Waals surface area (Å²) in [5.74, 6) is 0.0628. The summed E-state index contributed by atoms with van der Waals surface area (Å²) in [6, 6.07) is 17.4. The molecule has 0 saturated heterocycles. The molecule has 0 aliphatic rings. The summed E-state index contributed by atoms with van der Waals surface area (Å²) in [4.78, 5) is 27.5. The van der Waals surface area contributed by atoms with Crippen LogP contribution in [0.4, 0.5) is 0 Å². The number of amides is 1. The van der Waals surface area contributed by atoms with Gasteiger partial charge < -0.3 is 9.84 Å². The molecule has 4 rings (SSSR count). The van der Waals surface area contributed by atoms with E-state index in [4.69, 9.17) is 9.84 Å². The smallest absolute Gasteiger partial charge is 0.335 e. The fourth-order valence-corrected chi connectivity index (χ4v) is 3.93. The molecule has 0 aliphatic carbocycles. The molecule has 36 heavy (non-hydrogen) atoms. The highest BCUT2D eigenvalue weighted by molar-refractivity contribution is 7.99. The van der Waals surface area contributed by atoms with Crippen molar-refractivity contribution in [3.8, 4) is 22.8 Å². The van der Waals surface area contributed by atoms with Crippen LogP contribution in [-0.2, 0) is 4.79 Å². The summed E-state index contributed by atoms with van der Waals surface area (Å²) >= 11 is 1.22. The van der Waals surface area contributed by atoms with Crippen molar-refractivity contribution < 1.29 is 19.4 Å². The number of aromatic carboxylic acids is 1. The van der Waals surface area contributed by atoms with Crippen molar-refractivity contribution in [2.75, 3.05) is 12.4 Å². The van der Waals surface area contributed by atoms with Gasteiger partial charge in [0.25, 0.3) is 5.91 Å². The number of ether oxygens (including phenoxy) is 1. The molecule has 2 N–H and O–H groups in total. The quantitative estimate of drug-likeness (QED) is 0.191. The molecule has 0 atom stereocenters. The Bertz CT molecular complexity index is 1360. The van der Waals surface area contributed by atoms with Crippen LogP contribution in [0.2, 0.25) is 0 Å². The summed E-state index contributed by atoms with van der Waals surface area (Å²) < 4.78 is 7.40. The van der Waals surface area contributed by atoms with Crippen LogP contribution in [0.5, 0.6) is 5.75 Å². The van der Waals surface area contributed by atoms with E-state index >= 15 is 0 Å². The fourth-order valence-electron chi connectivity index (χ4n) is 3.19. The first-order chi connectivity index (χ1) is 17.5. The number of benzene rings is 2. The monoisotopic (exact) mass is 502 g/mol. The van der Waals surface area contributed by atoms with E-state index in [9.17, 15) is 9.59 Å². The molecule has 0 aliphatic heterocycles. The van der Waals surface area contributed by atoms with Gasteiger partial charge in [0.1, 0.15) is 5.75 Å². The molecule has 0 bridgehead atoms. The molecule has 2 aromatic heterocycles. The number of nitrogens with zero attached hydrogens (tertiary/aromatic N) is 5. The lowest BCUT2D eigenvalue weighted by Crippen LogP contribution is -2.20. The lowest BCUT2D eigenvalue weighted by molar-refractivity contribution is -0.118. The third-order valence-electron chi connectivity index (χ3n) is 4.85. The minimum absolute atomic E-state index is 0.0531. The summed E-state index contributed by atoms with van der Waals surface area (Å²) in [7, 11) is 0. The van der Waals surface area contributed by atoms with Crippen LogP contribution >= 0.6 is 11.8 Å². The number of pyridine rings is 1. The molecule has 2 aromatic carbocycles.